The molecule has 0 unspecified atom stereocenters. The van der Waals surface area contributed by atoms with Crippen molar-refractivity contribution in [1.29, 1.82) is 5.26 Å². The van der Waals surface area contributed by atoms with Gasteiger partial charge in [-0.2, -0.15) is 5.26 Å². The van der Waals surface area contributed by atoms with Gasteiger partial charge in [0.25, 0.3) is 0 Å². The molecule has 0 saturated heterocycles. The highest BCUT2D eigenvalue weighted by Gasteiger charge is 2.22. The Morgan fingerprint density at radius 3 is 1.65 bits per heavy atom. The van der Waals surface area contributed by atoms with E-state index < -0.39 is 0 Å². The molecule has 0 fully saturated rings. The molecule has 0 saturated carbocycles. The number of unbranched alkanes of at least 4 members (excludes halogenated alkanes) is 6. The molecule has 0 atom stereocenters. The summed E-state index contributed by atoms with van der Waals surface area (Å²) >= 11 is 0. The number of nitriles is 1. The highest BCUT2D eigenvalue weighted by Crippen LogP contribution is 2.34. The molecule has 0 aromatic rings. The van der Waals surface area contributed by atoms with Crippen molar-refractivity contribution in [1.82, 2.24) is 0 Å². The maximum absolute atomic E-state index is 8.96. The van der Waals surface area contributed by atoms with E-state index in [0.717, 1.165) is 6.42 Å². The summed E-state index contributed by atoms with van der Waals surface area (Å²) in [4.78, 5) is 0. The molecule has 0 aliphatic heterocycles. The van der Waals surface area contributed by atoms with Crippen LogP contribution in [-0.2, 0) is 0 Å². The van der Waals surface area contributed by atoms with E-state index in [1.165, 1.54) is 64.2 Å². The summed E-state index contributed by atoms with van der Waals surface area (Å²) in [6.45, 7) is 6.81. The van der Waals surface area contributed by atoms with Gasteiger partial charge in [-0.1, -0.05) is 72.1 Å². The smallest absolute Gasteiger partial charge is 0.0627 e. The van der Waals surface area contributed by atoms with Crippen LogP contribution >= 0.6 is 0 Å². The fraction of sp³-hybridized carbons (Fsp3) is 0.938. The zero-order chi connectivity index (χ0) is 13.0. The molecular formula is C16H31N. The molecule has 0 aliphatic rings. The lowest BCUT2D eigenvalue weighted by Crippen LogP contribution is -2.15. The Hall–Kier alpha value is -0.510. The van der Waals surface area contributed by atoms with Crippen molar-refractivity contribution in [2.75, 3.05) is 0 Å². The Morgan fingerprint density at radius 1 is 0.824 bits per heavy atom. The summed E-state index contributed by atoms with van der Waals surface area (Å²) in [5.74, 6) is 0. The van der Waals surface area contributed by atoms with Gasteiger partial charge in [0.2, 0.25) is 0 Å². The average Bonchev–Trinajstić information content (AvgIpc) is 2.31. The van der Waals surface area contributed by atoms with Crippen LogP contribution in [0.2, 0.25) is 0 Å². The first-order valence-corrected chi connectivity index (χ1v) is 7.55. The van der Waals surface area contributed by atoms with Crippen LogP contribution in [0.3, 0.4) is 0 Å². The first-order chi connectivity index (χ1) is 8.18. The Morgan fingerprint density at radius 2 is 1.29 bits per heavy atom. The first-order valence-electron chi connectivity index (χ1n) is 7.55. The van der Waals surface area contributed by atoms with E-state index >= 15 is 0 Å². The van der Waals surface area contributed by atoms with Gasteiger partial charge in [0.05, 0.1) is 6.07 Å². The topological polar surface area (TPSA) is 23.8 Å². The molecule has 100 valence electrons. The number of rotatable bonds is 11. The maximum atomic E-state index is 8.96. The number of hydrogen-bond donors (Lipinski definition) is 0. The van der Waals surface area contributed by atoms with Crippen LogP contribution in [0.4, 0.5) is 0 Å². The second-order valence-corrected chi connectivity index (χ2v) is 5.77. The molecule has 0 aromatic carbocycles. The summed E-state index contributed by atoms with van der Waals surface area (Å²) in [6.07, 6.45) is 13.8. The monoisotopic (exact) mass is 237 g/mol. The fourth-order valence-corrected chi connectivity index (χ4v) is 2.45. The van der Waals surface area contributed by atoms with Crippen molar-refractivity contribution in [2.45, 2.75) is 91.4 Å². The van der Waals surface area contributed by atoms with Gasteiger partial charge in [0, 0.05) is 6.42 Å². The van der Waals surface area contributed by atoms with Crippen LogP contribution in [0.5, 0.6) is 0 Å². The van der Waals surface area contributed by atoms with E-state index in [1.54, 1.807) is 0 Å². The summed E-state index contributed by atoms with van der Waals surface area (Å²) in [6, 6.07) is 2.39. The quantitative estimate of drug-likeness (QED) is 0.414. The van der Waals surface area contributed by atoms with Crippen LogP contribution < -0.4 is 0 Å². The van der Waals surface area contributed by atoms with E-state index in [9.17, 15) is 0 Å². The standard InChI is InChI=1S/C16H31N/c1-4-6-8-10-12-16(3,14-15-17)13-11-9-7-5-2/h4-14H2,1-3H3. The normalized spacial score (nSPS) is 11.4. The van der Waals surface area contributed by atoms with Crippen molar-refractivity contribution in [2.24, 2.45) is 5.41 Å². The third-order valence-corrected chi connectivity index (χ3v) is 3.77. The minimum absolute atomic E-state index is 0.288. The second-order valence-electron chi connectivity index (χ2n) is 5.77. The Kier molecular flexibility index (Phi) is 10.3. The van der Waals surface area contributed by atoms with E-state index in [-0.39, 0.29) is 5.41 Å². The largest absolute Gasteiger partial charge is 0.198 e. The fourth-order valence-electron chi connectivity index (χ4n) is 2.45. The predicted molar refractivity (Wildman–Crippen MR) is 75.9 cm³/mol. The first kappa shape index (κ1) is 16.5. The summed E-state index contributed by atoms with van der Waals surface area (Å²) < 4.78 is 0. The van der Waals surface area contributed by atoms with Crippen LogP contribution in [0.15, 0.2) is 0 Å². The van der Waals surface area contributed by atoms with Crippen LogP contribution in [0, 0.1) is 16.7 Å². The third kappa shape index (κ3) is 9.22. The lowest BCUT2D eigenvalue weighted by molar-refractivity contribution is 0.257. The average molecular weight is 237 g/mol. The van der Waals surface area contributed by atoms with Crippen LogP contribution in [0.1, 0.15) is 91.4 Å². The Balaban J connectivity index is 3.85. The summed E-state index contributed by atoms with van der Waals surface area (Å²) in [7, 11) is 0. The Labute approximate surface area is 109 Å². The lowest BCUT2D eigenvalue weighted by atomic mass is 9.77. The van der Waals surface area contributed by atoms with Crippen LogP contribution in [-0.4, -0.2) is 0 Å². The highest BCUT2D eigenvalue weighted by molar-refractivity contribution is 4.85. The SMILES string of the molecule is CCCCCCC(C)(CC#N)CCCCCC. The molecule has 0 aromatic heterocycles. The molecule has 0 radical (unpaired) electrons. The minimum atomic E-state index is 0.288. The molecule has 0 spiro atoms. The van der Waals surface area contributed by atoms with Gasteiger partial charge in [-0.05, 0) is 18.3 Å². The Bertz CT molecular complexity index is 190. The predicted octanol–water partition coefficient (Wildman–Crippen LogP) is 5.85. The molecule has 0 aliphatic carbocycles. The molecule has 0 rings (SSSR count). The van der Waals surface area contributed by atoms with Crippen molar-refractivity contribution in [3.05, 3.63) is 0 Å². The molecular weight excluding hydrogens is 206 g/mol. The molecule has 17 heavy (non-hydrogen) atoms. The summed E-state index contributed by atoms with van der Waals surface area (Å²) in [5, 5.41) is 8.96. The van der Waals surface area contributed by atoms with Gasteiger partial charge < -0.3 is 0 Å². The van der Waals surface area contributed by atoms with Gasteiger partial charge in [-0.3, -0.25) is 0 Å². The van der Waals surface area contributed by atoms with E-state index in [2.05, 4.69) is 26.8 Å². The maximum Gasteiger partial charge on any atom is 0.0627 e. The van der Waals surface area contributed by atoms with Gasteiger partial charge in [0.15, 0.2) is 0 Å². The van der Waals surface area contributed by atoms with Gasteiger partial charge >= 0.3 is 0 Å². The van der Waals surface area contributed by atoms with Gasteiger partial charge in [-0.25, -0.2) is 0 Å². The third-order valence-electron chi connectivity index (χ3n) is 3.77. The number of nitrogens with zero attached hydrogens (tertiary/aromatic N) is 1. The molecule has 1 heteroatoms. The van der Waals surface area contributed by atoms with Crippen molar-refractivity contribution >= 4 is 0 Å². The van der Waals surface area contributed by atoms with Gasteiger partial charge in [-0.15, -0.1) is 0 Å². The molecule has 0 amide bonds. The zero-order valence-electron chi connectivity index (χ0n) is 12.2. The van der Waals surface area contributed by atoms with Crippen molar-refractivity contribution in [3.63, 3.8) is 0 Å². The van der Waals surface area contributed by atoms with E-state index in [4.69, 9.17) is 5.26 Å². The zero-order valence-corrected chi connectivity index (χ0v) is 12.2. The lowest BCUT2D eigenvalue weighted by Gasteiger charge is -2.27. The minimum Gasteiger partial charge on any atom is -0.198 e. The molecule has 0 heterocycles. The van der Waals surface area contributed by atoms with Gasteiger partial charge in [0.1, 0.15) is 0 Å². The van der Waals surface area contributed by atoms with Crippen LogP contribution in [0.25, 0.3) is 0 Å². The molecule has 0 N–H and O–H groups in total. The van der Waals surface area contributed by atoms with E-state index in [1.807, 2.05) is 0 Å². The molecule has 1 nitrogen and oxygen atoms in total. The second kappa shape index (κ2) is 10.6. The molecule has 0 bridgehead atoms. The van der Waals surface area contributed by atoms with Crippen molar-refractivity contribution < 1.29 is 0 Å². The highest BCUT2D eigenvalue weighted by atomic mass is 14.3. The number of hydrogen-bond acceptors (Lipinski definition) is 1. The summed E-state index contributed by atoms with van der Waals surface area (Å²) in [5.41, 5.74) is 0.288. The van der Waals surface area contributed by atoms with Crippen molar-refractivity contribution in [3.8, 4) is 6.07 Å². The van der Waals surface area contributed by atoms with E-state index in [0.29, 0.717) is 0 Å².